The maximum absolute atomic E-state index is 6.38. The van der Waals surface area contributed by atoms with Gasteiger partial charge in [0.2, 0.25) is 0 Å². The zero-order valence-electron chi connectivity index (χ0n) is 12.3. The van der Waals surface area contributed by atoms with Gasteiger partial charge in [-0.15, -0.1) is 0 Å². The molecule has 3 unspecified atom stereocenters. The van der Waals surface area contributed by atoms with E-state index in [4.69, 9.17) is 26.8 Å². The Morgan fingerprint density at radius 3 is 2.60 bits per heavy atom. The zero-order chi connectivity index (χ0) is 14.7. The molecule has 2 rings (SSSR count). The second-order valence-electron chi connectivity index (χ2n) is 5.32. The summed E-state index contributed by atoms with van der Waals surface area (Å²) in [5, 5.41) is 0.701. The summed E-state index contributed by atoms with van der Waals surface area (Å²) in [7, 11) is 1.66. The smallest absolute Gasteiger partial charge is 0.125 e. The lowest BCUT2D eigenvalue weighted by Crippen LogP contribution is -2.48. The molecule has 1 fully saturated rings. The van der Waals surface area contributed by atoms with Crippen molar-refractivity contribution in [3.63, 3.8) is 0 Å². The zero-order valence-corrected chi connectivity index (χ0v) is 13.1. The summed E-state index contributed by atoms with van der Waals surface area (Å²) >= 11 is 6.38. The molecule has 5 heteroatoms. The van der Waals surface area contributed by atoms with Crippen molar-refractivity contribution in [1.82, 2.24) is 4.90 Å². The van der Waals surface area contributed by atoms with Crippen LogP contribution < -0.4 is 10.5 Å². The number of nitrogens with two attached hydrogens (primary N) is 1. The van der Waals surface area contributed by atoms with Gasteiger partial charge in [0.15, 0.2) is 0 Å². The molecule has 3 atom stereocenters. The van der Waals surface area contributed by atoms with Gasteiger partial charge < -0.3 is 15.2 Å². The maximum Gasteiger partial charge on any atom is 0.125 e. The molecule has 2 N–H and O–H groups in total. The molecular formula is C15H23ClN2O2. The molecule has 0 saturated carbocycles. The van der Waals surface area contributed by atoms with Gasteiger partial charge in [0.1, 0.15) is 5.75 Å². The van der Waals surface area contributed by atoms with Crippen LogP contribution in [-0.4, -0.2) is 43.9 Å². The number of rotatable bonds is 4. The van der Waals surface area contributed by atoms with Crippen LogP contribution in [-0.2, 0) is 4.74 Å². The summed E-state index contributed by atoms with van der Waals surface area (Å²) in [6, 6.07) is 5.75. The van der Waals surface area contributed by atoms with Crippen molar-refractivity contribution >= 4 is 11.6 Å². The second-order valence-corrected chi connectivity index (χ2v) is 5.73. The van der Waals surface area contributed by atoms with Crippen LogP contribution in [0, 0.1) is 0 Å². The van der Waals surface area contributed by atoms with E-state index in [0.29, 0.717) is 11.6 Å². The Bertz CT molecular complexity index is 445. The van der Waals surface area contributed by atoms with Crippen LogP contribution in [0.4, 0.5) is 0 Å². The Morgan fingerprint density at radius 1 is 1.40 bits per heavy atom. The predicted octanol–water partition coefficient (Wildman–Crippen LogP) is 2.46. The van der Waals surface area contributed by atoms with Crippen LogP contribution in [0.15, 0.2) is 18.2 Å². The first-order chi connectivity index (χ1) is 9.56. The number of morpholine rings is 1. The summed E-state index contributed by atoms with van der Waals surface area (Å²) in [5.74, 6) is 0.791. The third-order valence-corrected chi connectivity index (χ3v) is 4.01. The van der Waals surface area contributed by atoms with Crippen molar-refractivity contribution in [1.29, 1.82) is 0 Å². The number of halogens is 1. The molecule has 0 amide bonds. The highest BCUT2D eigenvalue weighted by Crippen LogP contribution is 2.36. The van der Waals surface area contributed by atoms with Gasteiger partial charge in [-0.05, 0) is 26.0 Å². The molecule has 0 radical (unpaired) electrons. The van der Waals surface area contributed by atoms with E-state index in [0.717, 1.165) is 24.4 Å². The minimum absolute atomic E-state index is 0.0486. The summed E-state index contributed by atoms with van der Waals surface area (Å²) in [4.78, 5) is 2.34. The van der Waals surface area contributed by atoms with Crippen LogP contribution >= 0.6 is 11.6 Å². The van der Waals surface area contributed by atoms with Gasteiger partial charge in [-0.2, -0.15) is 0 Å². The van der Waals surface area contributed by atoms with Crippen molar-refractivity contribution < 1.29 is 9.47 Å². The highest BCUT2D eigenvalue weighted by atomic mass is 35.5. The first kappa shape index (κ1) is 15.6. The van der Waals surface area contributed by atoms with Gasteiger partial charge in [0.25, 0.3) is 0 Å². The van der Waals surface area contributed by atoms with E-state index < -0.39 is 0 Å². The van der Waals surface area contributed by atoms with Crippen molar-refractivity contribution in [2.45, 2.75) is 32.1 Å². The van der Waals surface area contributed by atoms with Crippen molar-refractivity contribution in [3.8, 4) is 5.75 Å². The van der Waals surface area contributed by atoms with Crippen molar-refractivity contribution in [3.05, 3.63) is 28.8 Å². The molecule has 0 spiro atoms. The number of benzene rings is 1. The maximum atomic E-state index is 6.38. The molecule has 1 aromatic carbocycles. The minimum Gasteiger partial charge on any atom is -0.496 e. The number of ether oxygens (including phenoxy) is 2. The average Bonchev–Trinajstić information content (AvgIpc) is 2.40. The van der Waals surface area contributed by atoms with Gasteiger partial charge >= 0.3 is 0 Å². The topological polar surface area (TPSA) is 47.7 Å². The molecule has 112 valence electrons. The van der Waals surface area contributed by atoms with Crippen LogP contribution in [0.3, 0.4) is 0 Å². The number of hydrogen-bond acceptors (Lipinski definition) is 4. The Kier molecular flexibility index (Phi) is 5.27. The van der Waals surface area contributed by atoms with Gasteiger partial charge in [-0.25, -0.2) is 0 Å². The fourth-order valence-corrected chi connectivity index (χ4v) is 3.23. The minimum atomic E-state index is 0.0486. The lowest BCUT2D eigenvalue weighted by molar-refractivity contribution is -0.0801. The number of hydrogen-bond donors (Lipinski definition) is 1. The third kappa shape index (κ3) is 3.26. The SMILES string of the molecule is COc1cccc(Cl)c1C(CN)N1CC(C)OC(C)C1. The van der Waals surface area contributed by atoms with Crippen LogP contribution in [0.5, 0.6) is 5.75 Å². The van der Waals surface area contributed by atoms with E-state index in [1.165, 1.54) is 0 Å². The van der Waals surface area contributed by atoms with Crippen molar-refractivity contribution in [2.24, 2.45) is 5.73 Å². The lowest BCUT2D eigenvalue weighted by Gasteiger charge is -2.40. The summed E-state index contributed by atoms with van der Waals surface area (Å²) < 4.78 is 11.2. The van der Waals surface area contributed by atoms with E-state index in [2.05, 4.69) is 18.7 Å². The van der Waals surface area contributed by atoms with Crippen LogP contribution in [0.25, 0.3) is 0 Å². The first-order valence-corrected chi connectivity index (χ1v) is 7.36. The normalized spacial score (nSPS) is 25.4. The summed E-state index contributed by atoms with van der Waals surface area (Å²) in [6.07, 6.45) is 0.391. The van der Waals surface area contributed by atoms with E-state index in [1.54, 1.807) is 7.11 Å². The molecule has 1 saturated heterocycles. The Labute approximate surface area is 125 Å². The third-order valence-electron chi connectivity index (χ3n) is 3.68. The fraction of sp³-hybridized carbons (Fsp3) is 0.600. The molecular weight excluding hydrogens is 276 g/mol. The molecule has 0 bridgehead atoms. The summed E-state index contributed by atoms with van der Waals surface area (Å²) in [5.41, 5.74) is 6.99. The Balaban J connectivity index is 2.32. The number of methoxy groups -OCH3 is 1. The molecule has 4 nitrogen and oxygen atoms in total. The van der Waals surface area contributed by atoms with Crippen LogP contribution in [0.2, 0.25) is 5.02 Å². The highest BCUT2D eigenvalue weighted by molar-refractivity contribution is 6.31. The lowest BCUT2D eigenvalue weighted by atomic mass is 10.0. The first-order valence-electron chi connectivity index (χ1n) is 6.98. The standard InChI is InChI=1S/C15H23ClN2O2/c1-10-8-18(9-11(2)20-10)13(7-17)15-12(16)5-4-6-14(15)19-3/h4-6,10-11,13H,7-9,17H2,1-3H3. The monoisotopic (exact) mass is 298 g/mol. The van der Waals surface area contributed by atoms with E-state index in [9.17, 15) is 0 Å². The van der Waals surface area contributed by atoms with Gasteiger partial charge in [-0.1, -0.05) is 17.7 Å². The molecule has 1 aromatic rings. The predicted molar refractivity (Wildman–Crippen MR) is 81.4 cm³/mol. The van der Waals surface area contributed by atoms with Gasteiger partial charge in [0, 0.05) is 30.2 Å². The second kappa shape index (κ2) is 6.76. The molecule has 0 aromatic heterocycles. The van der Waals surface area contributed by atoms with Gasteiger partial charge in [0.05, 0.1) is 25.4 Å². The fourth-order valence-electron chi connectivity index (χ4n) is 2.94. The molecule has 1 heterocycles. The largest absolute Gasteiger partial charge is 0.496 e. The van der Waals surface area contributed by atoms with E-state index in [1.807, 2.05) is 18.2 Å². The quantitative estimate of drug-likeness (QED) is 0.927. The molecule has 20 heavy (non-hydrogen) atoms. The van der Waals surface area contributed by atoms with E-state index in [-0.39, 0.29) is 18.2 Å². The molecule has 0 aliphatic carbocycles. The summed E-state index contributed by atoms with van der Waals surface area (Å²) in [6.45, 7) is 6.36. The van der Waals surface area contributed by atoms with Crippen molar-refractivity contribution in [2.75, 3.05) is 26.7 Å². The Hall–Kier alpha value is -0.810. The van der Waals surface area contributed by atoms with Gasteiger partial charge in [-0.3, -0.25) is 4.90 Å². The Morgan fingerprint density at radius 2 is 2.05 bits per heavy atom. The number of nitrogens with zero attached hydrogens (tertiary/aromatic N) is 1. The van der Waals surface area contributed by atoms with Crippen LogP contribution in [0.1, 0.15) is 25.5 Å². The van der Waals surface area contributed by atoms with E-state index >= 15 is 0 Å². The highest BCUT2D eigenvalue weighted by Gasteiger charge is 2.30. The average molecular weight is 299 g/mol. The molecule has 1 aliphatic rings. The molecule has 1 aliphatic heterocycles.